The molecule has 2 aliphatic heterocycles. The van der Waals surface area contributed by atoms with Crippen LogP contribution in [0.2, 0.25) is 0 Å². The van der Waals surface area contributed by atoms with Gasteiger partial charge in [-0.3, -0.25) is 15.0 Å². The van der Waals surface area contributed by atoms with Crippen LogP contribution in [0, 0.1) is 10.1 Å². The molecule has 0 saturated heterocycles. The molecule has 0 aliphatic carbocycles. The van der Waals surface area contributed by atoms with Gasteiger partial charge in [0, 0.05) is 30.8 Å². The molecule has 136 valence electrons. The number of phenols is 1. The molecule has 0 amide bonds. The Balaban J connectivity index is 1.77. The highest BCUT2D eigenvalue weighted by molar-refractivity contribution is 5.57. The van der Waals surface area contributed by atoms with E-state index in [1.165, 1.54) is 18.7 Å². The van der Waals surface area contributed by atoms with Gasteiger partial charge in [0.1, 0.15) is 0 Å². The lowest BCUT2D eigenvalue weighted by atomic mass is 9.83. The highest BCUT2D eigenvalue weighted by atomic mass is 16.6. The zero-order valence-electron chi connectivity index (χ0n) is 14.7. The summed E-state index contributed by atoms with van der Waals surface area (Å²) in [7, 11) is 3.02. The maximum absolute atomic E-state index is 11.3. The molecule has 2 aromatic rings. The Bertz CT molecular complexity index is 896. The molecular weight excluding hydrogens is 336 g/mol. The third kappa shape index (κ3) is 2.47. The van der Waals surface area contributed by atoms with E-state index in [1.807, 2.05) is 12.1 Å². The summed E-state index contributed by atoms with van der Waals surface area (Å²) in [5.41, 5.74) is 4.22. The molecule has 0 spiro atoms. The molecule has 2 aliphatic rings. The first kappa shape index (κ1) is 16.7. The Morgan fingerprint density at radius 2 is 2.04 bits per heavy atom. The lowest BCUT2D eigenvalue weighted by Gasteiger charge is -2.41. The van der Waals surface area contributed by atoms with E-state index >= 15 is 0 Å². The molecule has 1 N–H and O–H groups in total. The first-order valence-electron chi connectivity index (χ1n) is 8.50. The number of benzene rings is 2. The largest absolute Gasteiger partial charge is 0.504 e. The zero-order valence-corrected chi connectivity index (χ0v) is 14.7. The second-order valence-electron chi connectivity index (χ2n) is 6.68. The van der Waals surface area contributed by atoms with Crippen molar-refractivity contribution >= 4 is 5.69 Å². The molecule has 7 nitrogen and oxygen atoms in total. The Morgan fingerprint density at radius 1 is 1.23 bits per heavy atom. The number of fused-ring (bicyclic) bond motifs is 4. The Kier molecular flexibility index (Phi) is 3.96. The predicted octanol–water partition coefficient (Wildman–Crippen LogP) is 2.97. The summed E-state index contributed by atoms with van der Waals surface area (Å²) in [4.78, 5) is 13.2. The number of rotatable bonds is 3. The average Bonchev–Trinajstić information content (AvgIpc) is 2.64. The van der Waals surface area contributed by atoms with Gasteiger partial charge in [0.05, 0.1) is 19.1 Å². The standard InChI is InChI=1S/C19H20N2O5/c1-25-18-8-12-5-6-20-10-14-11(7-16(20)13(12)9-17(18)22)3-4-15(21(23)24)19(14)26-2/h3-4,8-9,16,22H,5-7,10H2,1-2H3. The lowest BCUT2D eigenvalue weighted by Crippen LogP contribution is -2.39. The molecule has 0 bridgehead atoms. The molecule has 26 heavy (non-hydrogen) atoms. The van der Waals surface area contributed by atoms with E-state index in [0.29, 0.717) is 18.0 Å². The lowest BCUT2D eigenvalue weighted by molar-refractivity contribution is -0.385. The van der Waals surface area contributed by atoms with Gasteiger partial charge in [0.2, 0.25) is 5.75 Å². The zero-order chi connectivity index (χ0) is 18.4. The van der Waals surface area contributed by atoms with E-state index < -0.39 is 4.92 Å². The molecular formula is C19H20N2O5. The van der Waals surface area contributed by atoms with Gasteiger partial charge in [-0.15, -0.1) is 0 Å². The van der Waals surface area contributed by atoms with Crippen LogP contribution >= 0.6 is 0 Å². The van der Waals surface area contributed by atoms with E-state index in [0.717, 1.165) is 36.1 Å². The smallest absolute Gasteiger partial charge is 0.311 e. The van der Waals surface area contributed by atoms with Crippen LogP contribution in [-0.2, 0) is 19.4 Å². The van der Waals surface area contributed by atoms with Crippen molar-refractivity contribution < 1.29 is 19.5 Å². The molecule has 4 rings (SSSR count). The fourth-order valence-corrected chi connectivity index (χ4v) is 4.17. The van der Waals surface area contributed by atoms with Crippen molar-refractivity contribution in [2.75, 3.05) is 20.8 Å². The van der Waals surface area contributed by atoms with E-state index in [2.05, 4.69) is 4.90 Å². The fourth-order valence-electron chi connectivity index (χ4n) is 4.17. The number of nitrogens with zero attached hydrogens (tertiary/aromatic N) is 2. The first-order chi connectivity index (χ1) is 12.5. The minimum absolute atomic E-state index is 0.00416. The number of nitro benzene ring substituents is 1. The third-order valence-electron chi connectivity index (χ3n) is 5.42. The monoisotopic (exact) mass is 356 g/mol. The molecule has 2 aromatic carbocycles. The molecule has 2 heterocycles. The van der Waals surface area contributed by atoms with E-state index in [1.54, 1.807) is 13.2 Å². The van der Waals surface area contributed by atoms with E-state index in [9.17, 15) is 15.2 Å². The van der Waals surface area contributed by atoms with Crippen LogP contribution in [0.3, 0.4) is 0 Å². The van der Waals surface area contributed by atoms with E-state index in [-0.39, 0.29) is 17.5 Å². The fraction of sp³-hybridized carbons (Fsp3) is 0.368. The summed E-state index contributed by atoms with van der Waals surface area (Å²) in [6.45, 7) is 1.44. The Hall–Kier alpha value is -2.80. The highest BCUT2D eigenvalue weighted by Gasteiger charge is 2.35. The molecule has 0 radical (unpaired) electrons. The second-order valence-corrected chi connectivity index (χ2v) is 6.68. The summed E-state index contributed by atoms with van der Waals surface area (Å²) in [5, 5.41) is 21.5. The summed E-state index contributed by atoms with van der Waals surface area (Å²) >= 11 is 0. The Morgan fingerprint density at radius 3 is 2.73 bits per heavy atom. The second kappa shape index (κ2) is 6.17. The topological polar surface area (TPSA) is 85.1 Å². The van der Waals surface area contributed by atoms with Crippen molar-refractivity contribution in [3.05, 3.63) is 56.6 Å². The predicted molar refractivity (Wildman–Crippen MR) is 94.9 cm³/mol. The van der Waals surface area contributed by atoms with Gasteiger partial charge >= 0.3 is 5.69 Å². The van der Waals surface area contributed by atoms with Gasteiger partial charge in [0.15, 0.2) is 11.5 Å². The molecule has 0 aromatic heterocycles. The maximum atomic E-state index is 11.3. The van der Waals surface area contributed by atoms with Gasteiger partial charge in [-0.1, -0.05) is 6.07 Å². The molecule has 1 atom stereocenters. The van der Waals surface area contributed by atoms with Crippen molar-refractivity contribution in [2.45, 2.75) is 25.4 Å². The van der Waals surface area contributed by atoms with Gasteiger partial charge in [-0.05, 0) is 41.7 Å². The van der Waals surface area contributed by atoms with Crippen LogP contribution in [0.1, 0.15) is 28.3 Å². The number of ether oxygens (including phenoxy) is 2. The number of aromatic hydroxyl groups is 1. The maximum Gasteiger partial charge on any atom is 0.311 e. The van der Waals surface area contributed by atoms with Crippen molar-refractivity contribution in [1.29, 1.82) is 0 Å². The first-order valence-corrected chi connectivity index (χ1v) is 8.50. The normalized spacial score (nSPS) is 18.5. The summed E-state index contributed by atoms with van der Waals surface area (Å²) in [6, 6.07) is 7.18. The van der Waals surface area contributed by atoms with Crippen LogP contribution in [0.25, 0.3) is 0 Å². The summed E-state index contributed by atoms with van der Waals surface area (Å²) < 4.78 is 10.6. The van der Waals surface area contributed by atoms with Gasteiger partial charge in [-0.25, -0.2) is 0 Å². The molecule has 1 unspecified atom stereocenters. The number of hydrogen-bond donors (Lipinski definition) is 1. The van der Waals surface area contributed by atoms with Gasteiger partial charge in [0.25, 0.3) is 0 Å². The highest BCUT2D eigenvalue weighted by Crippen LogP contribution is 2.45. The number of hydrogen-bond acceptors (Lipinski definition) is 6. The Labute approximate surface area is 150 Å². The van der Waals surface area contributed by atoms with Crippen LogP contribution in [0.4, 0.5) is 5.69 Å². The van der Waals surface area contributed by atoms with Gasteiger partial charge in [-0.2, -0.15) is 0 Å². The molecule has 0 fully saturated rings. The summed E-state index contributed by atoms with van der Waals surface area (Å²) in [5.74, 6) is 0.986. The van der Waals surface area contributed by atoms with Crippen LogP contribution in [0.5, 0.6) is 17.2 Å². The number of methoxy groups -OCH3 is 2. The van der Waals surface area contributed by atoms with E-state index in [4.69, 9.17) is 9.47 Å². The summed E-state index contributed by atoms with van der Waals surface area (Å²) in [6.07, 6.45) is 1.57. The number of nitro groups is 1. The van der Waals surface area contributed by atoms with Crippen LogP contribution < -0.4 is 9.47 Å². The van der Waals surface area contributed by atoms with Crippen LogP contribution in [-0.4, -0.2) is 35.7 Å². The number of phenolic OH excluding ortho intramolecular Hbond substituents is 1. The van der Waals surface area contributed by atoms with Crippen molar-refractivity contribution in [2.24, 2.45) is 0 Å². The van der Waals surface area contributed by atoms with Crippen LogP contribution in [0.15, 0.2) is 24.3 Å². The van der Waals surface area contributed by atoms with Crippen molar-refractivity contribution in [3.63, 3.8) is 0 Å². The SMILES string of the molecule is COc1cc2c(cc1O)C1Cc3ccc([N+](=O)[O-])c(OC)c3CN1CC2. The average molecular weight is 356 g/mol. The molecule has 0 saturated carbocycles. The van der Waals surface area contributed by atoms with Crippen molar-refractivity contribution in [3.8, 4) is 17.2 Å². The molecule has 7 heteroatoms. The van der Waals surface area contributed by atoms with Crippen molar-refractivity contribution in [1.82, 2.24) is 4.90 Å². The minimum atomic E-state index is -0.402. The third-order valence-corrected chi connectivity index (χ3v) is 5.42. The van der Waals surface area contributed by atoms with Gasteiger partial charge < -0.3 is 14.6 Å². The minimum Gasteiger partial charge on any atom is -0.504 e. The quantitative estimate of drug-likeness (QED) is 0.672.